The van der Waals surface area contributed by atoms with Gasteiger partial charge >= 0.3 is 0 Å². The molecule has 3 aliphatic heterocycles. The number of rotatable bonds is 3. The van der Waals surface area contributed by atoms with E-state index in [9.17, 15) is 4.79 Å². The lowest BCUT2D eigenvalue weighted by molar-refractivity contribution is -0.134. The zero-order valence-corrected chi connectivity index (χ0v) is 12.4. The molecule has 3 aliphatic rings. The fraction of sp³-hybridized carbons (Fsp3) is 0.938. The maximum Gasteiger partial charge on any atom is 0.223 e. The average molecular weight is 264 g/mol. The van der Waals surface area contributed by atoms with Crippen LogP contribution in [0.1, 0.15) is 58.8 Å². The number of nitrogens with zero attached hydrogens (tertiary/aromatic N) is 1. The minimum absolute atomic E-state index is 0.433. The number of hydrogen-bond acceptors (Lipinski definition) is 2. The molecule has 2 bridgehead atoms. The van der Waals surface area contributed by atoms with Crippen LogP contribution in [0.2, 0.25) is 0 Å². The predicted octanol–water partition coefficient (Wildman–Crippen LogP) is 2.55. The van der Waals surface area contributed by atoms with Crippen molar-refractivity contribution in [2.75, 3.05) is 6.54 Å². The van der Waals surface area contributed by atoms with E-state index in [-0.39, 0.29) is 0 Å². The second kappa shape index (κ2) is 5.43. The number of hydrogen-bond donors (Lipinski definition) is 1. The van der Waals surface area contributed by atoms with Crippen molar-refractivity contribution in [2.45, 2.75) is 76.9 Å². The summed E-state index contributed by atoms with van der Waals surface area (Å²) in [5, 5.41) is 3.67. The summed E-state index contributed by atoms with van der Waals surface area (Å²) >= 11 is 0. The van der Waals surface area contributed by atoms with E-state index in [1.807, 2.05) is 0 Å². The largest absolute Gasteiger partial charge is 0.339 e. The predicted molar refractivity (Wildman–Crippen MR) is 76.9 cm³/mol. The van der Waals surface area contributed by atoms with Gasteiger partial charge in [0, 0.05) is 31.1 Å². The fourth-order valence-electron chi connectivity index (χ4n) is 4.50. The first-order chi connectivity index (χ1) is 9.13. The molecule has 3 heterocycles. The summed E-state index contributed by atoms with van der Waals surface area (Å²) in [5.41, 5.74) is 0. The van der Waals surface area contributed by atoms with Crippen LogP contribution >= 0.6 is 0 Å². The molecular weight excluding hydrogens is 236 g/mol. The van der Waals surface area contributed by atoms with Crippen LogP contribution in [0.3, 0.4) is 0 Å². The minimum atomic E-state index is 0.433. The van der Waals surface area contributed by atoms with E-state index >= 15 is 0 Å². The number of fused-ring (bicyclic) bond motifs is 2. The highest BCUT2D eigenvalue weighted by Gasteiger charge is 2.36. The Hall–Kier alpha value is -0.570. The van der Waals surface area contributed by atoms with Crippen molar-refractivity contribution in [1.82, 2.24) is 10.2 Å². The average Bonchev–Trinajstić information content (AvgIpc) is 2.96. The summed E-state index contributed by atoms with van der Waals surface area (Å²) < 4.78 is 0. The highest BCUT2D eigenvalue weighted by atomic mass is 16.2. The number of carbonyl (C=O) groups excluding carboxylic acids is 1. The maximum atomic E-state index is 12.6. The summed E-state index contributed by atoms with van der Waals surface area (Å²) in [4.78, 5) is 14.8. The molecule has 0 spiro atoms. The van der Waals surface area contributed by atoms with Crippen molar-refractivity contribution in [3.8, 4) is 0 Å². The van der Waals surface area contributed by atoms with Gasteiger partial charge < -0.3 is 10.2 Å². The van der Waals surface area contributed by atoms with Gasteiger partial charge in [-0.05, 0) is 50.4 Å². The van der Waals surface area contributed by atoms with Crippen molar-refractivity contribution >= 4 is 5.91 Å². The maximum absolute atomic E-state index is 12.6. The third kappa shape index (κ3) is 2.81. The molecule has 0 aromatic heterocycles. The molecule has 0 saturated carbocycles. The molecule has 3 rings (SSSR count). The monoisotopic (exact) mass is 264 g/mol. The highest BCUT2D eigenvalue weighted by molar-refractivity contribution is 5.77. The Balaban J connectivity index is 1.56. The van der Waals surface area contributed by atoms with Gasteiger partial charge in [0.25, 0.3) is 0 Å². The molecule has 3 saturated heterocycles. The van der Waals surface area contributed by atoms with Crippen LogP contribution < -0.4 is 5.32 Å². The molecule has 3 unspecified atom stereocenters. The summed E-state index contributed by atoms with van der Waals surface area (Å²) in [6.07, 6.45) is 8.32. The number of nitrogens with one attached hydrogen (secondary N) is 1. The third-order valence-corrected chi connectivity index (χ3v) is 5.42. The second-order valence-electron chi connectivity index (χ2n) is 7.22. The Morgan fingerprint density at radius 2 is 1.89 bits per heavy atom. The molecule has 1 amide bonds. The number of carbonyl (C=O) groups is 1. The van der Waals surface area contributed by atoms with Crippen molar-refractivity contribution < 1.29 is 4.79 Å². The molecular formula is C16H28N2O. The van der Waals surface area contributed by atoms with Crippen LogP contribution in [-0.4, -0.2) is 35.5 Å². The fourth-order valence-corrected chi connectivity index (χ4v) is 4.50. The Kier molecular flexibility index (Phi) is 3.84. The van der Waals surface area contributed by atoms with Gasteiger partial charge in [-0.3, -0.25) is 4.79 Å². The zero-order valence-electron chi connectivity index (χ0n) is 12.4. The van der Waals surface area contributed by atoms with Crippen LogP contribution in [0.15, 0.2) is 0 Å². The lowest BCUT2D eigenvalue weighted by Gasteiger charge is -2.32. The first-order valence-corrected chi connectivity index (χ1v) is 8.19. The molecule has 3 fully saturated rings. The third-order valence-electron chi connectivity index (χ3n) is 5.42. The van der Waals surface area contributed by atoms with E-state index in [1.165, 1.54) is 38.5 Å². The van der Waals surface area contributed by atoms with Crippen LogP contribution in [0.5, 0.6) is 0 Å². The van der Waals surface area contributed by atoms with Crippen LogP contribution in [-0.2, 0) is 4.79 Å². The first-order valence-electron chi connectivity index (χ1n) is 8.19. The topological polar surface area (TPSA) is 32.3 Å². The van der Waals surface area contributed by atoms with Crippen LogP contribution in [0.25, 0.3) is 0 Å². The molecule has 1 N–H and O–H groups in total. The Morgan fingerprint density at radius 3 is 2.53 bits per heavy atom. The quantitative estimate of drug-likeness (QED) is 0.849. The molecule has 0 radical (unpaired) electrons. The lowest BCUT2D eigenvalue weighted by atomic mass is 9.89. The Morgan fingerprint density at radius 1 is 1.21 bits per heavy atom. The van der Waals surface area contributed by atoms with Gasteiger partial charge in [-0.15, -0.1) is 0 Å². The zero-order chi connectivity index (χ0) is 13.4. The van der Waals surface area contributed by atoms with Crippen LogP contribution in [0.4, 0.5) is 0 Å². The smallest absolute Gasteiger partial charge is 0.223 e. The minimum Gasteiger partial charge on any atom is -0.339 e. The van der Waals surface area contributed by atoms with Gasteiger partial charge in [-0.1, -0.05) is 13.8 Å². The Bertz CT molecular complexity index is 330. The molecule has 0 aromatic carbocycles. The van der Waals surface area contributed by atoms with Crippen molar-refractivity contribution in [2.24, 2.45) is 11.8 Å². The van der Waals surface area contributed by atoms with E-state index < -0.39 is 0 Å². The number of piperidine rings is 1. The molecule has 3 heteroatoms. The first kappa shape index (κ1) is 13.4. The second-order valence-corrected chi connectivity index (χ2v) is 7.22. The van der Waals surface area contributed by atoms with Crippen molar-refractivity contribution in [1.29, 1.82) is 0 Å². The standard InChI is InChI=1S/C16H28N2O/c1-11(2)15-4-3-7-18(15)16(19)10-12-8-13-5-6-14(9-12)17-13/h11-15,17H,3-10H2,1-2H3. The number of likely N-dealkylation sites (tertiary alicyclic amines) is 1. The highest BCUT2D eigenvalue weighted by Crippen LogP contribution is 2.34. The normalized spacial score (nSPS) is 38.2. The summed E-state index contributed by atoms with van der Waals surface area (Å²) in [6, 6.07) is 1.91. The molecule has 0 aliphatic carbocycles. The van der Waals surface area contributed by atoms with Gasteiger partial charge in [0.15, 0.2) is 0 Å². The van der Waals surface area contributed by atoms with E-state index in [0.29, 0.717) is 35.9 Å². The number of amides is 1. The Labute approximate surface area is 117 Å². The molecule has 3 atom stereocenters. The van der Waals surface area contributed by atoms with Gasteiger partial charge in [-0.2, -0.15) is 0 Å². The molecule has 0 aromatic rings. The molecule has 19 heavy (non-hydrogen) atoms. The molecule has 3 nitrogen and oxygen atoms in total. The summed E-state index contributed by atoms with van der Waals surface area (Å²) in [6.45, 7) is 5.50. The van der Waals surface area contributed by atoms with Gasteiger partial charge in [0.2, 0.25) is 5.91 Å². The van der Waals surface area contributed by atoms with Gasteiger partial charge in [0.1, 0.15) is 0 Å². The van der Waals surface area contributed by atoms with Crippen molar-refractivity contribution in [3.63, 3.8) is 0 Å². The van der Waals surface area contributed by atoms with Crippen LogP contribution in [0, 0.1) is 11.8 Å². The van der Waals surface area contributed by atoms with Gasteiger partial charge in [0.05, 0.1) is 0 Å². The van der Waals surface area contributed by atoms with Gasteiger partial charge in [-0.25, -0.2) is 0 Å². The van der Waals surface area contributed by atoms with E-state index in [2.05, 4.69) is 24.1 Å². The van der Waals surface area contributed by atoms with E-state index in [0.717, 1.165) is 13.0 Å². The summed E-state index contributed by atoms with van der Waals surface area (Å²) in [7, 11) is 0. The summed E-state index contributed by atoms with van der Waals surface area (Å²) in [5.74, 6) is 1.68. The van der Waals surface area contributed by atoms with Crippen molar-refractivity contribution in [3.05, 3.63) is 0 Å². The van der Waals surface area contributed by atoms with E-state index in [4.69, 9.17) is 0 Å². The lowest BCUT2D eigenvalue weighted by Crippen LogP contribution is -2.42. The molecule has 108 valence electrons. The van der Waals surface area contributed by atoms with E-state index in [1.54, 1.807) is 0 Å². The SMILES string of the molecule is CC(C)C1CCCN1C(=O)CC1CC2CCC(C1)N2.